The van der Waals surface area contributed by atoms with E-state index in [9.17, 15) is 4.39 Å². The predicted octanol–water partition coefficient (Wildman–Crippen LogP) is 2.69. The van der Waals surface area contributed by atoms with E-state index < -0.39 is 0 Å². The molecule has 8 heteroatoms. The fourth-order valence-electron chi connectivity index (χ4n) is 3.45. The molecule has 27 heavy (non-hydrogen) atoms. The molecule has 0 saturated carbocycles. The molecule has 0 spiro atoms. The van der Waals surface area contributed by atoms with Gasteiger partial charge in [0.2, 0.25) is 0 Å². The summed E-state index contributed by atoms with van der Waals surface area (Å²) in [7, 11) is 0. The second-order valence-corrected chi connectivity index (χ2v) is 6.85. The Hall–Kier alpha value is -2.48. The molecule has 2 aromatic rings. The number of nitrogens with zero attached hydrogens (tertiary/aromatic N) is 4. The standard InChI is InChI=1S/C19H23FN4O3/c1-12(18-16(20)9-17-19(23-18)26-8-7-25-17)24-5-3-14(4-6-24)27-15-10-21-13(2)22-11-15/h9-12,14H,3-8H2,1-2H3. The molecule has 1 fully saturated rings. The highest BCUT2D eigenvalue weighted by Gasteiger charge is 2.28. The Morgan fingerprint density at radius 1 is 1.19 bits per heavy atom. The molecule has 1 saturated heterocycles. The van der Waals surface area contributed by atoms with Crippen LogP contribution in [-0.4, -0.2) is 52.3 Å². The van der Waals surface area contributed by atoms with Crippen molar-refractivity contribution in [3.05, 3.63) is 35.8 Å². The largest absolute Gasteiger partial charge is 0.487 e. The third-order valence-corrected chi connectivity index (χ3v) is 4.99. The first-order chi connectivity index (χ1) is 13.1. The maximum atomic E-state index is 14.5. The van der Waals surface area contributed by atoms with Crippen LogP contribution in [0.5, 0.6) is 17.4 Å². The average molecular weight is 374 g/mol. The van der Waals surface area contributed by atoms with Crippen molar-refractivity contribution < 1.29 is 18.6 Å². The first-order valence-corrected chi connectivity index (χ1v) is 9.25. The van der Waals surface area contributed by atoms with Crippen LogP contribution in [-0.2, 0) is 0 Å². The van der Waals surface area contributed by atoms with Crippen molar-refractivity contribution in [1.82, 2.24) is 19.9 Å². The zero-order valence-electron chi connectivity index (χ0n) is 15.5. The molecule has 0 N–H and O–H groups in total. The fraction of sp³-hybridized carbons (Fsp3) is 0.526. The van der Waals surface area contributed by atoms with Gasteiger partial charge in [-0.2, -0.15) is 0 Å². The van der Waals surface area contributed by atoms with Crippen molar-refractivity contribution in [2.45, 2.75) is 38.8 Å². The molecule has 7 nitrogen and oxygen atoms in total. The van der Waals surface area contributed by atoms with E-state index >= 15 is 0 Å². The molecule has 2 aliphatic heterocycles. The van der Waals surface area contributed by atoms with E-state index in [1.165, 1.54) is 6.07 Å². The van der Waals surface area contributed by atoms with E-state index in [0.717, 1.165) is 31.8 Å². The fourth-order valence-corrected chi connectivity index (χ4v) is 3.45. The molecule has 4 heterocycles. The summed E-state index contributed by atoms with van der Waals surface area (Å²) < 4.78 is 31.4. The number of halogens is 1. The Morgan fingerprint density at radius 3 is 2.63 bits per heavy atom. The maximum Gasteiger partial charge on any atom is 0.257 e. The number of aryl methyl sites for hydroxylation is 1. The molecule has 1 unspecified atom stereocenters. The number of hydrogen-bond donors (Lipinski definition) is 0. The number of piperidine rings is 1. The van der Waals surface area contributed by atoms with Gasteiger partial charge in [-0.25, -0.2) is 19.3 Å². The monoisotopic (exact) mass is 374 g/mol. The lowest BCUT2D eigenvalue weighted by atomic mass is 10.0. The minimum absolute atomic E-state index is 0.109. The van der Waals surface area contributed by atoms with Gasteiger partial charge in [0.1, 0.15) is 31.0 Å². The lowest BCUT2D eigenvalue weighted by molar-refractivity contribution is 0.0764. The number of hydrogen-bond acceptors (Lipinski definition) is 7. The van der Waals surface area contributed by atoms with Crippen LogP contribution in [0.2, 0.25) is 0 Å². The van der Waals surface area contributed by atoms with Crippen LogP contribution in [0, 0.1) is 12.7 Å². The van der Waals surface area contributed by atoms with Crippen molar-refractivity contribution in [1.29, 1.82) is 0 Å². The van der Waals surface area contributed by atoms with Crippen molar-refractivity contribution in [2.24, 2.45) is 0 Å². The highest BCUT2D eigenvalue weighted by Crippen LogP contribution is 2.34. The third-order valence-electron chi connectivity index (χ3n) is 4.99. The zero-order chi connectivity index (χ0) is 18.8. The Morgan fingerprint density at radius 2 is 1.89 bits per heavy atom. The van der Waals surface area contributed by atoms with Crippen LogP contribution in [0.4, 0.5) is 4.39 Å². The molecule has 2 aliphatic rings. The summed E-state index contributed by atoms with van der Waals surface area (Å²) in [4.78, 5) is 14.9. The summed E-state index contributed by atoms with van der Waals surface area (Å²) in [6.07, 6.45) is 5.21. The summed E-state index contributed by atoms with van der Waals surface area (Å²) in [5.74, 6) is 1.80. The van der Waals surface area contributed by atoms with Gasteiger partial charge in [-0.1, -0.05) is 0 Å². The zero-order valence-corrected chi connectivity index (χ0v) is 15.5. The highest BCUT2D eigenvalue weighted by atomic mass is 19.1. The molecule has 0 bridgehead atoms. The van der Waals surface area contributed by atoms with Gasteiger partial charge in [0.25, 0.3) is 5.88 Å². The second-order valence-electron chi connectivity index (χ2n) is 6.85. The minimum Gasteiger partial charge on any atom is -0.487 e. The van der Waals surface area contributed by atoms with E-state index in [0.29, 0.717) is 36.3 Å². The maximum absolute atomic E-state index is 14.5. The molecule has 144 valence electrons. The third kappa shape index (κ3) is 3.95. The van der Waals surface area contributed by atoms with Crippen LogP contribution in [0.25, 0.3) is 0 Å². The van der Waals surface area contributed by atoms with E-state index in [1.807, 2.05) is 13.8 Å². The number of pyridine rings is 1. The normalized spacial score (nSPS) is 18.9. The Kier molecular flexibility index (Phi) is 5.07. The Balaban J connectivity index is 1.38. The minimum atomic E-state index is -0.359. The first-order valence-electron chi connectivity index (χ1n) is 9.25. The molecule has 4 rings (SSSR count). The average Bonchev–Trinajstić information content (AvgIpc) is 2.69. The number of likely N-dealkylation sites (tertiary alicyclic amines) is 1. The number of aromatic nitrogens is 3. The number of rotatable bonds is 4. The van der Waals surface area contributed by atoms with Crippen LogP contribution in [0.1, 0.15) is 37.3 Å². The lowest BCUT2D eigenvalue weighted by Crippen LogP contribution is -2.40. The molecule has 1 atom stereocenters. The van der Waals surface area contributed by atoms with Gasteiger partial charge in [0.15, 0.2) is 11.5 Å². The summed E-state index contributed by atoms with van der Waals surface area (Å²) in [6, 6.07) is 1.23. The van der Waals surface area contributed by atoms with Crippen LogP contribution < -0.4 is 14.2 Å². The highest BCUT2D eigenvalue weighted by molar-refractivity contribution is 5.37. The quantitative estimate of drug-likeness (QED) is 0.815. The van der Waals surface area contributed by atoms with Gasteiger partial charge in [0.05, 0.1) is 24.1 Å². The van der Waals surface area contributed by atoms with Crippen molar-refractivity contribution in [2.75, 3.05) is 26.3 Å². The van der Waals surface area contributed by atoms with Crippen molar-refractivity contribution in [3.63, 3.8) is 0 Å². The Labute approximate surface area is 157 Å². The molecule has 0 amide bonds. The molecule has 0 aliphatic carbocycles. The van der Waals surface area contributed by atoms with E-state index in [4.69, 9.17) is 14.2 Å². The smallest absolute Gasteiger partial charge is 0.257 e. The number of fused-ring (bicyclic) bond motifs is 1. The molecule has 0 aromatic carbocycles. The molecular weight excluding hydrogens is 351 g/mol. The number of ether oxygens (including phenoxy) is 3. The van der Waals surface area contributed by atoms with Crippen molar-refractivity contribution >= 4 is 0 Å². The van der Waals surface area contributed by atoms with Crippen LogP contribution in [0.3, 0.4) is 0 Å². The topological polar surface area (TPSA) is 69.6 Å². The summed E-state index contributed by atoms with van der Waals surface area (Å²) in [6.45, 7) is 6.26. The van der Waals surface area contributed by atoms with E-state index in [2.05, 4.69) is 19.9 Å². The first kappa shape index (κ1) is 17.9. The molecule has 2 aromatic heterocycles. The Bertz CT molecular complexity index is 794. The predicted molar refractivity (Wildman–Crippen MR) is 95.6 cm³/mol. The van der Waals surface area contributed by atoms with Crippen LogP contribution in [0.15, 0.2) is 18.5 Å². The van der Waals surface area contributed by atoms with E-state index in [1.54, 1.807) is 12.4 Å². The van der Waals surface area contributed by atoms with E-state index in [-0.39, 0.29) is 18.0 Å². The molecular formula is C19H23FN4O3. The van der Waals surface area contributed by atoms with Gasteiger partial charge >= 0.3 is 0 Å². The van der Waals surface area contributed by atoms with Gasteiger partial charge in [-0.05, 0) is 26.7 Å². The van der Waals surface area contributed by atoms with Crippen LogP contribution >= 0.6 is 0 Å². The molecule has 0 radical (unpaired) electrons. The SMILES string of the molecule is Cc1ncc(OC2CCN(C(C)c3nc4c(cc3F)OCCO4)CC2)cn1. The summed E-state index contributed by atoms with van der Waals surface area (Å²) >= 11 is 0. The van der Waals surface area contributed by atoms with Crippen molar-refractivity contribution in [3.8, 4) is 17.4 Å². The summed E-state index contributed by atoms with van der Waals surface area (Å²) in [5, 5.41) is 0. The van der Waals surface area contributed by atoms with Gasteiger partial charge in [0, 0.05) is 19.2 Å². The lowest BCUT2D eigenvalue weighted by Gasteiger charge is -2.36. The van der Waals surface area contributed by atoms with Gasteiger partial charge < -0.3 is 14.2 Å². The second kappa shape index (κ2) is 7.64. The summed E-state index contributed by atoms with van der Waals surface area (Å²) in [5.41, 5.74) is 0.394. The van der Waals surface area contributed by atoms with Gasteiger partial charge in [-0.15, -0.1) is 0 Å². The van der Waals surface area contributed by atoms with Gasteiger partial charge in [-0.3, -0.25) is 4.90 Å².